The molecule has 132 valence electrons. The third-order valence-electron chi connectivity index (χ3n) is 4.88. The lowest BCUT2D eigenvalue weighted by Crippen LogP contribution is -2.32. The predicted octanol–water partition coefficient (Wildman–Crippen LogP) is 3.56. The Balaban J connectivity index is 1.68. The van der Waals surface area contributed by atoms with Crippen molar-refractivity contribution in [2.24, 2.45) is 0 Å². The molecule has 4 rings (SSSR count). The zero-order chi connectivity index (χ0) is 18.3. The maximum atomic E-state index is 13.1. The first kappa shape index (κ1) is 16.6. The van der Waals surface area contributed by atoms with E-state index in [0.29, 0.717) is 0 Å². The quantitative estimate of drug-likeness (QED) is 0.662. The van der Waals surface area contributed by atoms with Crippen LogP contribution in [0.3, 0.4) is 0 Å². The van der Waals surface area contributed by atoms with Crippen LogP contribution in [0.25, 0.3) is 11.1 Å². The lowest BCUT2D eigenvalue weighted by Gasteiger charge is -2.31. The molecule has 3 aromatic rings. The highest BCUT2D eigenvalue weighted by Gasteiger charge is 2.21. The van der Waals surface area contributed by atoms with Crippen molar-refractivity contribution in [2.75, 3.05) is 11.4 Å². The van der Waals surface area contributed by atoms with Gasteiger partial charge in [0.1, 0.15) is 11.6 Å². The fraction of sp³-hybridized carbons (Fsp3) is 0.300. The molecule has 0 aromatic carbocycles. The van der Waals surface area contributed by atoms with Crippen LogP contribution in [-0.4, -0.2) is 26.5 Å². The summed E-state index contributed by atoms with van der Waals surface area (Å²) in [5.74, 6) is 1.31. The third-order valence-corrected chi connectivity index (χ3v) is 4.88. The fourth-order valence-corrected chi connectivity index (χ4v) is 3.37. The lowest BCUT2D eigenvalue weighted by molar-refractivity contribution is 0.584. The molecule has 4 heterocycles. The van der Waals surface area contributed by atoms with Crippen LogP contribution in [0, 0.1) is 26.7 Å². The number of nitrogens with zero attached hydrogens (tertiary/aromatic N) is 5. The first-order valence-corrected chi connectivity index (χ1v) is 8.68. The van der Waals surface area contributed by atoms with Gasteiger partial charge in [0.05, 0.1) is 0 Å². The second-order valence-corrected chi connectivity index (χ2v) is 6.68. The van der Waals surface area contributed by atoms with Gasteiger partial charge < -0.3 is 4.90 Å². The van der Waals surface area contributed by atoms with Crippen LogP contribution in [0.4, 0.5) is 10.2 Å². The average Bonchev–Trinajstić information content (AvgIpc) is 2.64. The summed E-state index contributed by atoms with van der Waals surface area (Å²) >= 11 is 0. The second-order valence-electron chi connectivity index (χ2n) is 6.68. The van der Waals surface area contributed by atoms with Crippen LogP contribution < -0.4 is 4.90 Å². The number of halogens is 1. The summed E-state index contributed by atoms with van der Waals surface area (Å²) in [6.07, 6.45) is 4.26. The Morgan fingerprint density at radius 1 is 1.00 bits per heavy atom. The summed E-state index contributed by atoms with van der Waals surface area (Å²) in [5.41, 5.74) is 6.23. The molecule has 0 aliphatic carbocycles. The van der Waals surface area contributed by atoms with Gasteiger partial charge in [-0.3, -0.25) is 4.98 Å². The van der Waals surface area contributed by atoms with Gasteiger partial charge in [-0.1, -0.05) is 0 Å². The second kappa shape index (κ2) is 6.44. The van der Waals surface area contributed by atoms with E-state index < -0.39 is 5.95 Å². The van der Waals surface area contributed by atoms with E-state index >= 15 is 0 Å². The molecule has 0 N–H and O–H groups in total. The van der Waals surface area contributed by atoms with Gasteiger partial charge in [-0.05, 0) is 44.5 Å². The van der Waals surface area contributed by atoms with Crippen LogP contribution in [0.5, 0.6) is 0 Å². The van der Waals surface area contributed by atoms with Crippen molar-refractivity contribution in [3.05, 3.63) is 64.9 Å². The Labute approximate surface area is 152 Å². The molecule has 26 heavy (non-hydrogen) atoms. The van der Waals surface area contributed by atoms with Gasteiger partial charge in [0.2, 0.25) is 5.95 Å². The highest BCUT2D eigenvalue weighted by atomic mass is 19.1. The van der Waals surface area contributed by atoms with Gasteiger partial charge >= 0.3 is 0 Å². The predicted molar refractivity (Wildman–Crippen MR) is 98.4 cm³/mol. The molecule has 0 atom stereocenters. The summed E-state index contributed by atoms with van der Waals surface area (Å²) < 4.78 is 13.1. The van der Waals surface area contributed by atoms with Gasteiger partial charge in [-0.25, -0.2) is 15.0 Å². The van der Waals surface area contributed by atoms with Crippen LogP contribution in [-0.2, 0) is 13.0 Å². The van der Waals surface area contributed by atoms with E-state index in [0.717, 1.165) is 59.2 Å². The first-order valence-electron chi connectivity index (χ1n) is 8.68. The lowest BCUT2D eigenvalue weighted by atomic mass is 10.0. The number of anilines is 1. The topological polar surface area (TPSA) is 54.8 Å². The molecule has 3 aromatic heterocycles. The molecule has 0 unspecified atom stereocenters. The maximum Gasteiger partial charge on any atom is 0.212 e. The van der Waals surface area contributed by atoms with E-state index in [2.05, 4.69) is 37.8 Å². The molecule has 1 aliphatic heterocycles. The first-order chi connectivity index (χ1) is 12.5. The average molecular weight is 349 g/mol. The summed E-state index contributed by atoms with van der Waals surface area (Å²) in [6.45, 7) is 7.65. The Bertz CT molecular complexity index is 969. The minimum absolute atomic E-state index is 0.476. The number of hydrogen-bond donors (Lipinski definition) is 0. The normalized spacial score (nSPS) is 13.6. The van der Waals surface area contributed by atoms with Crippen molar-refractivity contribution >= 4 is 5.82 Å². The number of aromatic nitrogens is 4. The number of aryl methyl sites for hydroxylation is 2. The van der Waals surface area contributed by atoms with E-state index in [-0.39, 0.29) is 0 Å². The molecule has 0 radical (unpaired) electrons. The van der Waals surface area contributed by atoms with Gasteiger partial charge in [-0.2, -0.15) is 4.39 Å². The number of pyridine rings is 2. The molecular weight excluding hydrogens is 329 g/mol. The third kappa shape index (κ3) is 3.03. The zero-order valence-corrected chi connectivity index (χ0v) is 15.1. The molecule has 0 bridgehead atoms. The van der Waals surface area contributed by atoms with E-state index in [1.54, 1.807) is 12.3 Å². The molecule has 5 nitrogen and oxygen atoms in total. The Morgan fingerprint density at radius 3 is 2.58 bits per heavy atom. The minimum atomic E-state index is -0.476. The van der Waals surface area contributed by atoms with Crippen molar-refractivity contribution in [2.45, 2.75) is 33.7 Å². The van der Waals surface area contributed by atoms with Crippen molar-refractivity contribution in [1.82, 2.24) is 19.9 Å². The van der Waals surface area contributed by atoms with Crippen LogP contribution in [0.2, 0.25) is 0 Å². The van der Waals surface area contributed by atoms with Gasteiger partial charge in [-0.15, -0.1) is 0 Å². The number of rotatable bonds is 2. The fourth-order valence-electron chi connectivity index (χ4n) is 3.37. The molecule has 0 saturated carbocycles. The van der Waals surface area contributed by atoms with Crippen LogP contribution >= 0.6 is 0 Å². The highest BCUT2D eigenvalue weighted by molar-refractivity contribution is 5.63. The summed E-state index contributed by atoms with van der Waals surface area (Å²) in [6, 6.07) is 5.23. The van der Waals surface area contributed by atoms with E-state index in [1.807, 2.05) is 20.0 Å². The van der Waals surface area contributed by atoms with E-state index in [4.69, 9.17) is 0 Å². The molecule has 1 aliphatic rings. The van der Waals surface area contributed by atoms with Crippen LogP contribution in [0.1, 0.15) is 28.3 Å². The Kier molecular flexibility index (Phi) is 4.11. The maximum absolute atomic E-state index is 13.1. The number of hydrogen-bond acceptors (Lipinski definition) is 5. The van der Waals surface area contributed by atoms with Gasteiger partial charge in [0.25, 0.3) is 0 Å². The summed E-state index contributed by atoms with van der Waals surface area (Å²) in [5, 5.41) is 0. The molecule has 0 amide bonds. The Morgan fingerprint density at radius 2 is 1.81 bits per heavy atom. The molecule has 0 spiro atoms. The SMILES string of the molecule is Cc1nc(C)c(C)c(N2CCc3ncc(-c4ccc(F)nc4)cc3C2)n1. The standard InChI is InChI=1S/C20H20FN5/c1-12-13(2)24-14(3)25-20(12)26-7-6-18-17(11-26)8-16(10-22-18)15-4-5-19(21)23-9-15/h4-5,8-10H,6-7,11H2,1-3H3. The smallest absolute Gasteiger partial charge is 0.212 e. The number of fused-ring (bicyclic) bond motifs is 1. The van der Waals surface area contributed by atoms with Crippen LogP contribution in [0.15, 0.2) is 30.6 Å². The van der Waals surface area contributed by atoms with E-state index in [1.165, 1.54) is 11.6 Å². The largest absolute Gasteiger partial charge is 0.351 e. The molecule has 0 fully saturated rings. The monoisotopic (exact) mass is 349 g/mol. The van der Waals surface area contributed by atoms with Gasteiger partial charge in [0, 0.05) is 60.0 Å². The highest BCUT2D eigenvalue weighted by Crippen LogP contribution is 2.28. The van der Waals surface area contributed by atoms with Crippen molar-refractivity contribution < 1.29 is 4.39 Å². The van der Waals surface area contributed by atoms with Crippen molar-refractivity contribution in [1.29, 1.82) is 0 Å². The van der Waals surface area contributed by atoms with Crippen molar-refractivity contribution in [3.8, 4) is 11.1 Å². The minimum Gasteiger partial charge on any atom is -0.351 e. The summed E-state index contributed by atoms with van der Waals surface area (Å²) in [4.78, 5) is 19.8. The van der Waals surface area contributed by atoms with E-state index in [9.17, 15) is 4.39 Å². The van der Waals surface area contributed by atoms with Crippen molar-refractivity contribution in [3.63, 3.8) is 0 Å². The molecular formula is C20H20FN5. The zero-order valence-electron chi connectivity index (χ0n) is 15.1. The van der Waals surface area contributed by atoms with Gasteiger partial charge in [0.15, 0.2) is 0 Å². The Hall–Kier alpha value is -2.89. The summed E-state index contributed by atoms with van der Waals surface area (Å²) in [7, 11) is 0. The molecule has 0 saturated heterocycles. The molecule has 6 heteroatoms.